The number of hydrogen-bond donors (Lipinski definition) is 1. The molecular formula is C16H15BrFNO2. The highest BCUT2D eigenvalue weighted by atomic mass is 79.9. The Bertz CT molecular complexity index is 646. The van der Waals surface area contributed by atoms with E-state index in [4.69, 9.17) is 4.74 Å². The van der Waals surface area contributed by atoms with Crippen molar-refractivity contribution in [3.05, 3.63) is 63.9 Å². The Balaban J connectivity index is 2.21. The minimum absolute atomic E-state index is 0.251. The molecule has 0 heterocycles. The molecule has 0 aliphatic heterocycles. The Hall–Kier alpha value is -1.72. The first-order chi connectivity index (χ1) is 10.1. The van der Waals surface area contributed by atoms with E-state index in [2.05, 4.69) is 21.2 Å². The summed E-state index contributed by atoms with van der Waals surface area (Å²) >= 11 is 3.25. The fourth-order valence-corrected chi connectivity index (χ4v) is 2.27. The van der Waals surface area contributed by atoms with Crippen LogP contribution in [0.1, 0.15) is 22.8 Å². The van der Waals surface area contributed by atoms with Gasteiger partial charge in [0.2, 0.25) is 0 Å². The van der Waals surface area contributed by atoms with Crippen molar-refractivity contribution in [2.24, 2.45) is 0 Å². The van der Waals surface area contributed by atoms with Crippen molar-refractivity contribution in [2.45, 2.75) is 13.5 Å². The predicted molar refractivity (Wildman–Crippen MR) is 83.8 cm³/mol. The van der Waals surface area contributed by atoms with Crippen LogP contribution in [-0.2, 0) is 11.3 Å². The van der Waals surface area contributed by atoms with E-state index in [1.807, 2.05) is 25.1 Å². The summed E-state index contributed by atoms with van der Waals surface area (Å²) in [5.74, 6) is -0.823. The lowest BCUT2D eigenvalue weighted by Crippen LogP contribution is -2.14. The van der Waals surface area contributed by atoms with E-state index in [-0.39, 0.29) is 11.5 Å². The number of benzene rings is 2. The first kappa shape index (κ1) is 15.7. The summed E-state index contributed by atoms with van der Waals surface area (Å²) in [5.41, 5.74) is 1.79. The lowest BCUT2D eigenvalue weighted by atomic mass is 10.1. The number of carbonyl (C=O) groups excluding carboxylic acids is 1. The molecule has 0 bridgehead atoms. The van der Waals surface area contributed by atoms with Gasteiger partial charge in [-0.1, -0.05) is 18.2 Å². The van der Waals surface area contributed by atoms with Crippen LogP contribution >= 0.6 is 15.9 Å². The Kier molecular flexibility index (Phi) is 5.47. The van der Waals surface area contributed by atoms with Gasteiger partial charge in [0.15, 0.2) is 0 Å². The van der Waals surface area contributed by atoms with E-state index in [1.165, 1.54) is 18.2 Å². The van der Waals surface area contributed by atoms with Crippen LogP contribution in [0.2, 0.25) is 0 Å². The average molecular weight is 352 g/mol. The number of halogens is 2. The first-order valence-electron chi connectivity index (χ1n) is 6.54. The zero-order chi connectivity index (χ0) is 15.2. The highest BCUT2D eigenvalue weighted by molar-refractivity contribution is 9.10. The van der Waals surface area contributed by atoms with Gasteiger partial charge < -0.3 is 10.1 Å². The maximum atomic E-state index is 13.3. The Morgan fingerprint density at radius 1 is 1.29 bits per heavy atom. The number of para-hydroxylation sites is 1. The van der Waals surface area contributed by atoms with Gasteiger partial charge in [-0.25, -0.2) is 4.39 Å². The molecule has 110 valence electrons. The predicted octanol–water partition coefficient (Wildman–Crippen LogP) is 4.38. The molecule has 5 heteroatoms. The molecule has 21 heavy (non-hydrogen) atoms. The second-order valence-electron chi connectivity index (χ2n) is 4.37. The fraction of sp³-hybridized carbons (Fsp3) is 0.188. The minimum Gasteiger partial charge on any atom is -0.377 e. The number of carbonyl (C=O) groups is 1. The lowest BCUT2D eigenvalue weighted by Gasteiger charge is -2.12. The molecule has 0 aliphatic rings. The van der Waals surface area contributed by atoms with Gasteiger partial charge in [-0.05, 0) is 47.1 Å². The maximum absolute atomic E-state index is 13.3. The number of hydrogen-bond acceptors (Lipinski definition) is 2. The second kappa shape index (κ2) is 7.33. The maximum Gasteiger partial charge on any atom is 0.256 e. The molecule has 0 spiro atoms. The monoisotopic (exact) mass is 351 g/mol. The van der Waals surface area contributed by atoms with Gasteiger partial charge >= 0.3 is 0 Å². The normalized spacial score (nSPS) is 10.4. The van der Waals surface area contributed by atoms with Crippen molar-refractivity contribution >= 4 is 27.5 Å². The van der Waals surface area contributed by atoms with E-state index >= 15 is 0 Å². The third kappa shape index (κ3) is 4.12. The lowest BCUT2D eigenvalue weighted by molar-refractivity contribution is 0.102. The van der Waals surface area contributed by atoms with Gasteiger partial charge in [0, 0.05) is 22.3 Å². The second-order valence-corrected chi connectivity index (χ2v) is 5.23. The molecule has 2 rings (SSSR count). The van der Waals surface area contributed by atoms with Gasteiger partial charge in [0.25, 0.3) is 5.91 Å². The zero-order valence-corrected chi connectivity index (χ0v) is 13.1. The molecule has 1 N–H and O–H groups in total. The standard InChI is InChI=1S/C16H15BrFNO2/c1-2-21-10-11-5-3-4-6-15(11)19-16(20)13-9-12(18)7-8-14(13)17/h3-9H,2,10H2,1H3,(H,19,20). The average Bonchev–Trinajstić information content (AvgIpc) is 2.48. The van der Waals surface area contributed by atoms with Crippen molar-refractivity contribution in [2.75, 3.05) is 11.9 Å². The highest BCUT2D eigenvalue weighted by Gasteiger charge is 2.13. The first-order valence-corrected chi connectivity index (χ1v) is 7.33. The summed E-state index contributed by atoms with van der Waals surface area (Å²) in [6.07, 6.45) is 0. The Morgan fingerprint density at radius 3 is 2.81 bits per heavy atom. The molecule has 3 nitrogen and oxygen atoms in total. The largest absolute Gasteiger partial charge is 0.377 e. The number of ether oxygens (including phenoxy) is 1. The molecule has 2 aromatic carbocycles. The summed E-state index contributed by atoms with van der Waals surface area (Å²) in [5, 5.41) is 2.79. The van der Waals surface area contributed by atoms with Crippen LogP contribution < -0.4 is 5.32 Å². The molecule has 1 amide bonds. The van der Waals surface area contributed by atoms with Crippen LogP contribution in [0.5, 0.6) is 0 Å². The molecule has 0 unspecified atom stereocenters. The van der Waals surface area contributed by atoms with E-state index in [9.17, 15) is 9.18 Å². The number of rotatable bonds is 5. The molecule has 0 radical (unpaired) electrons. The topological polar surface area (TPSA) is 38.3 Å². The van der Waals surface area contributed by atoms with Gasteiger partial charge in [0.05, 0.1) is 12.2 Å². The molecule has 0 saturated carbocycles. The van der Waals surface area contributed by atoms with Crippen molar-refractivity contribution in [1.29, 1.82) is 0 Å². The Morgan fingerprint density at radius 2 is 2.05 bits per heavy atom. The van der Waals surface area contributed by atoms with E-state index in [1.54, 1.807) is 6.07 Å². The molecular weight excluding hydrogens is 337 g/mol. The van der Waals surface area contributed by atoms with Crippen LogP contribution in [-0.4, -0.2) is 12.5 Å². The van der Waals surface area contributed by atoms with Crippen LogP contribution in [0.3, 0.4) is 0 Å². The van der Waals surface area contributed by atoms with E-state index in [0.29, 0.717) is 23.4 Å². The van der Waals surface area contributed by atoms with Crippen molar-refractivity contribution in [3.63, 3.8) is 0 Å². The molecule has 2 aromatic rings. The summed E-state index contributed by atoms with van der Waals surface area (Å²) < 4.78 is 19.2. The molecule has 0 atom stereocenters. The third-order valence-electron chi connectivity index (χ3n) is 2.90. The molecule has 0 aliphatic carbocycles. The summed E-state index contributed by atoms with van der Waals surface area (Å²) in [6.45, 7) is 2.92. The van der Waals surface area contributed by atoms with E-state index < -0.39 is 5.82 Å². The van der Waals surface area contributed by atoms with Crippen LogP contribution in [0, 0.1) is 5.82 Å². The highest BCUT2D eigenvalue weighted by Crippen LogP contribution is 2.21. The van der Waals surface area contributed by atoms with Gasteiger partial charge in [0.1, 0.15) is 5.82 Å². The quantitative estimate of drug-likeness (QED) is 0.868. The molecule has 0 fully saturated rings. The zero-order valence-electron chi connectivity index (χ0n) is 11.5. The van der Waals surface area contributed by atoms with Gasteiger partial charge in [-0.2, -0.15) is 0 Å². The summed E-state index contributed by atoms with van der Waals surface area (Å²) in [4.78, 5) is 12.3. The molecule has 0 saturated heterocycles. The summed E-state index contributed by atoms with van der Waals surface area (Å²) in [7, 11) is 0. The van der Waals surface area contributed by atoms with Crippen LogP contribution in [0.4, 0.5) is 10.1 Å². The van der Waals surface area contributed by atoms with Crippen molar-refractivity contribution in [1.82, 2.24) is 0 Å². The van der Waals surface area contributed by atoms with Crippen molar-refractivity contribution < 1.29 is 13.9 Å². The van der Waals surface area contributed by atoms with E-state index in [0.717, 1.165) is 5.56 Å². The number of anilines is 1. The third-order valence-corrected chi connectivity index (χ3v) is 3.59. The Labute approximate surface area is 131 Å². The molecule has 0 aromatic heterocycles. The van der Waals surface area contributed by atoms with Gasteiger partial charge in [-0.3, -0.25) is 4.79 Å². The minimum atomic E-state index is -0.453. The SMILES string of the molecule is CCOCc1ccccc1NC(=O)c1cc(F)ccc1Br. The van der Waals surface area contributed by atoms with Crippen molar-refractivity contribution in [3.8, 4) is 0 Å². The summed E-state index contributed by atoms with van der Waals surface area (Å²) in [6, 6.07) is 11.4. The smallest absolute Gasteiger partial charge is 0.256 e. The number of nitrogens with one attached hydrogen (secondary N) is 1. The van der Waals surface area contributed by atoms with Gasteiger partial charge in [-0.15, -0.1) is 0 Å². The number of amides is 1. The fourth-order valence-electron chi connectivity index (χ4n) is 1.84. The van der Waals surface area contributed by atoms with Crippen LogP contribution in [0.25, 0.3) is 0 Å². The van der Waals surface area contributed by atoms with Crippen LogP contribution in [0.15, 0.2) is 46.9 Å².